The zero-order valence-corrected chi connectivity index (χ0v) is 18.7. The Morgan fingerprint density at radius 3 is 2.52 bits per heavy atom. The minimum Gasteiger partial charge on any atom is -0.402 e. The average molecular weight is 411 g/mol. The first-order valence-corrected chi connectivity index (χ1v) is 11.6. The molecule has 0 unspecified atom stereocenters. The second kappa shape index (κ2) is 13.9. The van der Waals surface area contributed by atoms with Crippen LogP contribution in [0.1, 0.15) is 104 Å². The molecule has 5 nitrogen and oxygen atoms in total. The van der Waals surface area contributed by atoms with Gasteiger partial charge in [0.1, 0.15) is 0 Å². The summed E-state index contributed by atoms with van der Waals surface area (Å²) in [5.41, 5.74) is 0. The van der Waals surface area contributed by atoms with Gasteiger partial charge in [0.05, 0.1) is 0 Å². The number of carbonyl (C=O) groups excluding carboxylic acids is 2. The van der Waals surface area contributed by atoms with Crippen LogP contribution in [0.3, 0.4) is 0 Å². The van der Waals surface area contributed by atoms with E-state index in [1.54, 1.807) is 0 Å². The molecule has 1 aliphatic rings. The van der Waals surface area contributed by atoms with Gasteiger partial charge < -0.3 is 14.9 Å². The number of esters is 1. The first-order valence-electron chi connectivity index (χ1n) is 11.6. The normalized spacial score (nSPS) is 20.9. The van der Waals surface area contributed by atoms with E-state index in [0.29, 0.717) is 12.3 Å². The maximum atomic E-state index is 11.7. The van der Waals surface area contributed by atoms with E-state index in [0.717, 1.165) is 38.0 Å². The second-order valence-electron chi connectivity index (χ2n) is 8.79. The van der Waals surface area contributed by atoms with Gasteiger partial charge in [-0.15, -0.1) is 0 Å². The zero-order valence-electron chi connectivity index (χ0n) is 18.7. The van der Waals surface area contributed by atoms with Crippen molar-refractivity contribution in [3.05, 3.63) is 12.2 Å². The molecule has 0 aromatic carbocycles. The summed E-state index contributed by atoms with van der Waals surface area (Å²) < 4.78 is 4.24. The molecule has 0 bridgehead atoms. The van der Waals surface area contributed by atoms with E-state index in [9.17, 15) is 19.8 Å². The van der Waals surface area contributed by atoms with E-state index in [2.05, 4.69) is 30.7 Å². The van der Waals surface area contributed by atoms with Crippen molar-refractivity contribution in [2.45, 2.75) is 110 Å². The molecular formula is C24H42O5. The third-order valence-electron chi connectivity index (χ3n) is 6.05. The van der Waals surface area contributed by atoms with Gasteiger partial charge in [-0.2, -0.15) is 0 Å². The van der Waals surface area contributed by atoms with Crippen molar-refractivity contribution in [3.63, 3.8) is 0 Å². The third-order valence-corrected chi connectivity index (χ3v) is 6.05. The molecule has 1 rings (SSSR count). The van der Waals surface area contributed by atoms with E-state index in [4.69, 9.17) is 0 Å². The topological polar surface area (TPSA) is 83.8 Å². The summed E-state index contributed by atoms with van der Waals surface area (Å²) in [6, 6.07) is 0. The van der Waals surface area contributed by atoms with Crippen LogP contribution in [0.25, 0.3) is 0 Å². The first kappa shape index (κ1) is 25.8. The molecule has 1 saturated carbocycles. The lowest BCUT2D eigenvalue weighted by Crippen LogP contribution is -2.42. The number of ether oxygens (including phenoxy) is 1. The van der Waals surface area contributed by atoms with Crippen molar-refractivity contribution in [1.82, 2.24) is 0 Å². The zero-order chi connectivity index (χ0) is 21.7. The predicted molar refractivity (Wildman–Crippen MR) is 115 cm³/mol. The minimum atomic E-state index is -2.98. The lowest BCUT2D eigenvalue weighted by atomic mass is 9.89. The van der Waals surface area contributed by atoms with Gasteiger partial charge in [-0.3, -0.25) is 9.59 Å². The predicted octanol–water partition coefficient (Wildman–Crippen LogP) is 5.29. The molecule has 0 heterocycles. The molecule has 0 aromatic heterocycles. The van der Waals surface area contributed by atoms with Crippen molar-refractivity contribution >= 4 is 11.8 Å². The van der Waals surface area contributed by atoms with E-state index in [-0.39, 0.29) is 6.42 Å². The van der Waals surface area contributed by atoms with Crippen LogP contribution in [-0.4, -0.2) is 27.9 Å². The molecule has 168 valence electrons. The quantitative estimate of drug-likeness (QED) is 0.166. The van der Waals surface area contributed by atoms with E-state index in [1.807, 2.05) is 0 Å². The summed E-state index contributed by atoms with van der Waals surface area (Å²) in [7, 11) is 0. The largest absolute Gasteiger partial charge is 0.402 e. The maximum absolute atomic E-state index is 11.7. The fraction of sp³-hybridized carbons (Fsp3) is 0.833. The van der Waals surface area contributed by atoms with E-state index >= 15 is 0 Å². The van der Waals surface area contributed by atoms with Gasteiger partial charge in [0, 0.05) is 13.3 Å². The summed E-state index contributed by atoms with van der Waals surface area (Å²) in [5.74, 6) is -2.55. The van der Waals surface area contributed by atoms with Gasteiger partial charge in [-0.25, -0.2) is 0 Å². The van der Waals surface area contributed by atoms with Gasteiger partial charge in [-0.1, -0.05) is 70.9 Å². The molecule has 3 atom stereocenters. The lowest BCUT2D eigenvalue weighted by Gasteiger charge is -2.19. The number of ketones is 1. The molecule has 0 radical (unpaired) electrons. The van der Waals surface area contributed by atoms with Crippen molar-refractivity contribution in [2.24, 2.45) is 17.8 Å². The number of aliphatic hydroxyl groups is 2. The van der Waals surface area contributed by atoms with Crippen LogP contribution < -0.4 is 0 Å². The van der Waals surface area contributed by atoms with Crippen LogP contribution >= 0.6 is 0 Å². The first-order chi connectivity index (χ1) is 13.8. The third kappa shape index (κ3) is 10.9. The summed E-state index contributed by atoms with van der Waals surface area (Å²) in [6.07, 6.45) is 18.9. The number of hydrogen-bond acceptors (Lipinski definition) is 5. The summed E-state index contributed by atoms with van der Waals surface area (Å²) in [6.45, 7) is 5.61. The van der Waals surface area contributed by atoms with Gasteiger partial charge in [-0.05, 0) is 49.9 Å². The molecular weight excluding hydrogens is 368 g/mol. The smallest absolute Gasteiger partial charge is 0.388 e. The van der Waals surface area contributed by atoms with Crippen molar-refractivity contribution in [2.75, 3.05) is 0 Å². The van der Waals surface area contributed by atoms with Crippen LogP contribution in [0.2, 0.25) is 0 Å². The fourth-order valence-electron chi connectivity index (χ4n) is 4.29. The maximum Gasteiger partial charge on any atom is 0.388 e. The molecule has 0 aliphatic heterocycles. The molecule has 1 aliphatic carbocycles. The van der Waals surface area contributed by atoms with Gasteiger partial charge in [0.2, 0.25) is 5.78 Å². The van der Waals surface area contributed by atoms with Crippen LogP contribution in [-0.2, 0) is 14.3 Å². The van der Waals surface area contributed by atoms with Crippen molar-refractivity contribution in [1.29, 1.82) is 0 Å². The monoisotopic (exact) mass is 410 g/mol. The number of unbranched alkanes of at least 4 members (excludes halogenated alkanes) is 5. The molecule has 29 heavy (non-hydrogen) atoms. The van der Waals surface area contributed by atoms with Crippen LogP contribution in [0.4, 0.5) is 0 Å². The Labute approximate surface area is 176 Å². The molecule has 0 amide bonds. The molecule has 0 spiro atoms. The molecule has 5 heteroatoms. The highest BCUT2D eigenvalue weighted by Gasteiger charge is 2.36. The Bertz CT molecular complexity index is 511. The Kier molecular flexibility index (Phi) is 12.4. The van der Waals surface area contributed by atoms with Crippen LogP contribution in [0, 0.1) is 17.8 Å². The molecule has 0 saturated heterocycles. The van der Waals surface area contributed by atoms with Gasteiger partial charge in [0.25, 0.3) is 0 Å². The minimum absolute atomic E-state index is 0.00495. The number of allylic oxidation sites excluding steroid dienone is 2. The average Bonchev–Trinajstić information content (AvgIpc) is 3.09. The van der Waals surface area contributed by atoms with Crippen molar-refractivity contribution in [3.8, 4) is 0 Å². The van der Waals surface area contributed by atoms with Gasteiger partial charge in [0.15, 0.2) is 0 Å². The number of Topliss-reactive ketones (excluding diaryl/α,β-unsaturated/α-hetero) is 1. The number of rotatable bonds is 15. The highest BCUT2D eigenvalue weighted by molar-refractivity contribution is 5.85. The van der Waals surface area contributed by atoms with E-state index < -0.39 is 17.7 Å². The lowest BCUT2D eigenvalue weighted by molar-refractivity contribution is -0.295. The Balaban J connectivity index is 2.20. The molecule has 1 fully saturated rings. The SMILES string of the molecule is CCCCC[C@@H](C)C=C[C@H]1CCC[C@@H]1CCCCCCC(=O)C(O)(O)OC(C)=O. The second-order valence-corrected chi connectivity index (χ2v) is 8.79. The Morgan fingerprint density at radius 2 is 1.83 bits per heavy atom. The highest BCUT2D eigenvalue weighted by atomic mass is 16.8. The van der Waals surface area contributed by atoms with E-state index in [1.165, 1.54) is 51.4 Å². The van der Waals surface area contributed by atoms with Crippen molar-refractivity contribution < 1.29 is 24.5 Å². The summed E-state index contributed by atoms with van der Waals surface area (Å²) in [4.78, 5) is 22.5. The molecule has 2 N–H and O–H groups in total. The molecule has 0 aromatic rings. The van der Waals surface area contributed by atoms with Crippen LogP contribution in [0.5, 0.6) is 0 Å². The summed E-state index contributed by atoms with van der Waals surface area (Å²) in [5, 5.41) is 18.9. The Hall–Kier alpha value is -1.20. The highest BCUT2D eigenvalue weighted by Crippen LogP contribution is 2.36. The van der Waals surface area contributed by atoms with Crippen LogP contribution in [0.15, 0.2) is 12.2 Å². The Morgan fingerprint density at radius 1 is 1.10 bits per heavy atom. The number of hydrogen-bond donors (Lipinski definition) is 2. The standard InChI is InChI=1S/C24H42O5/c1-4-5-8-12-19(2)17-18-22-15-11-14-21(22)13-9-6-7-10-16-23(26)24(27,28)29-20(3)25/h17-19,21-22,27-28H,4-16H2,1-3H3/t19-,21+,22-/m1/s1. The fourth-order valence-corrected chi connectivity index (χ4v) is 4.29. The summed E-state index contributed by atoms with van der Waals surface area (Å²) >= 11 is 0. The number of carbonyl (C=O) groups is 2. The van der Waals surface area contributed by atoms with Gasteiger partial charge >= 0.3 is 11.9 Å².